The summed E-state index contributed by atoms with van der Waals surface area (Å²) in [4.78, 5) is 9.35. The van der Waals surface area contributed by atoms with Gasteiger partial charge in [-0.15, -0.1) is 0 Å². The number of methoxy groups -OCH3 is 2. The Morgan fingerprint density at radius 2 is 1.84 bits per heavy atom. The Morgan fingerprint density at radius 1 is 1.10 bits per heavy atom. The van der Waals surface area contributed by atoms with Crippen molar-refractivity contribution in [2.45, 2.75) is 25.4 Å². The molecule has 7 heteroatoms. The molecule has 0 amide bonds. The van der Waals surface area contributed by atoms with E-state index in [9.17, 15) is 9.50 Å². The van der Waals surface area contributed by atoms with Crippen molar-refractivity contribution in [1.29, 1.82) is 0 Å². The minimum absolute atomic E-state index is 0.0103. The van der Waals surface area contributed by atoms with Gasteiger partial charge in [-0.2, -0.15) is 0 Å². The summed E-state index contributed by atoms with van der Waals surface area (Å²) >= 11 is 5.97. The number of nitrogens with zero attached hydrogens (tertiary/aromatic N) is 2. The van der Waals surface area contributed by atoms with Gasteiger partial charge in [0.1, 0.15) is 0 Å². The second-order valence-corrected chi connectivity index (χ2v) is 7.77. The van der Waals surface area contributed by atoms with Crippen LogP contribution >= 0.6 is 11.6 Å². The van der Waals surface area contributed by atoms with E-state index >= 15 is 0 Å². The number of hydrogen-bond donors (Lipinski definition) is 1. The molecule has 1 aromatic heterocycles. The average molecular weight is 441 g/mol. The highest BCUT2D eigenvalue weighted by molar-refractivity contribution is 6.31. The number of aliphatic imine (C=N–C) groups is 1. The zero-order chi connectivity index (χ0) is 22.1. The van der Waals surface area contributed by atoms with Crippen LogP contribution in [0.3, 0.4) is 0 Å². The number of ether oxygens (including phenoxy) is 2. The maximum Gasteiger partial charge on any atom is 0.162 e. The molecular formula is C24H22ClFN2O3. The van der Waals surface area contributed by atoms with Gasteiger partial charge in [0.05, 0.1) is 42.9 Å². The fourth-order valence-corrected chi connectivity index (χ4v) is 4.09. The largest absolute Gasteiger partial charge is 0.493 e. The molecule has 4 rings (SSSR count). The number of aromatic nitrogens is 1. The fraction of sp³-hybridized carbons (Fsp3) is 0.250. The molecule has 0 radical (unpaired) electrons. The van der Waals surface area contributed by atoms with Gasteiger partial charge in [0.25, 0.3) is 0 Å². The van der Waals surface area contributed by atoms with Gasteiger partial charge < -0.3 is 14.6 Å². The van der Waals surface area contributed by atoms with Gasteiger partial charge in [-0.05, 0) is 35.7 Å². The average Bonchev–Trinajstić information content (AvgIpc) is 2.80. The predicted molar refractivity (Wildman–Crippen MR) is 119 cm³/mol. The first-order chi connectivity index (χ1) is 15.0. The highest BCUT2D eigenvalue weighted by Crippen LogP contribution is 2.45. The van der Waals surface area contributed by atoms with E-state index in [2.05, 4.69) is 11.9 Å². The zero-order valence-corrected chi connectivity index (χ0v) is 18.2. The van der Waals surface area contributed by atoms with Gasteiger partial charge in [0.2, 0.25) is 0 Å². The van der Waals surface area contributed by atoms with Crippen molar-refractivity contribution in [3.63, 3.8) is 0 Å². The summed E-state index contributed by atoms with van der Waals surface area (Å²) in [5, 5.41) is 9.79. The van der Waals surface area contributed by atoms with Gasteiger partial charge in [-0.1, -0.05) is 30.7 Å². The summed E-state index contributed by atoms with van der Waals surface area (Å²) < 4.78 is 25.5. The molecule has 2 heterocycles. The Kier molecular flexibility index (Phi) is 5.94. The molecule has 3 aromatic rings. The van der Waals surface area contributed by atoms with Crippen molar-refractivity contribution in [3.05, 3.63) is 70.1 Å². The molecule has 5 nitrogen and oxygen atoms in total. The van der Waals surface area contributed by atoms with E-state index in [0.29, 0.717) is 22.8 Å². The predicted octanol–water partition coefficient (Wildman–Crippen LogP) is 5.65. The molecular weight excluding hydrogens is 419 g/mol. The second kappa shape index (κ2) is 8.65. The van der Waals surface area contributed by atoms with Crippen molar-refractivity contribution in [3.8, 4) is 22.8 Å². The monoisotopic (exact) mass is 440 g/mol. The molecule has 160 valence electrons. The van der Waals surface area contributed by atoms with Crippen LogP contribution in [0.2, 0.25) is 5.02 Å². The molecule has 0 aliphatic carbocycles. The van der Waals surface area contributed by atoms with Gasteiger partial charge in [-0.3, -0.25) is 9.98 Å². The minimum Gasteiger partial charge on any atom is -0.493 e. The maximum absolute atomic E-state index is 14.7. The van der Waals surface area contributed by atoms with Gasteiger partial charge in [0, 0.05) is 29.3 Å². The Hall–Kier alpha value is -2.96. The van der Waals surface area contributed by atoms with E-state index in [4.69, 9.17) is 26.1 Å². The second-order valence-electron chi connectivity index (χ2n) is 7.36. The molecule has 1 aliphatic rings. The fourth-order valence-electron chi connectivity index (χ4n) is 3.91. The number of hydrogen-bond acceptors (Lipinski definition) is 5. The SMILES string of the molecule is COc1cc2c(cc1OC)[C@@H](C)C(c1ccc(CO)c(-c3cccc(Cl)c3F)n1)C=N2. The lowest BCUT2D eigenvalue weighted by molar-refractivity contribution is 0.282. The van der Waals surface area contributed by atoms with Crippen LogP contribution in [-0.4, -0.2) is 30.5 Å². The van der Waals surface area contributed by atoms with Crippen LogP contribution in [-0.2, 0) is 6.61 Å². The Balaban J connectivity index is 1.79. The number of aliphatic hydroxyl groups is 1. The Bertz CT molecular complexity index is 1170. The molecule has 0 spiro atoms. The Labute approximate surface area is 185 Å². The molecule has 31 heavy (non-hydrogen) atoms. The van der Waals surface area contributed by atoms with Crippen LogP contribution in [0.1, 0.15) is 35.6 Å². The molecule has 1 unspecified atom stereocenters. The van der Waals surface area contributed by atoms with Gasteiger partial charge in [0.15, 0.2) is 17.3 Å². The molecule has 1 N–H and O–H groups in total. The summed E-state index contributed by atoms with van der Waals surface area (Å²) in [6.45, 7) is 1.82. The summed E-state index contributed by atoms with van der Waals surface area (Å²) in [6, 6.07) is 12.2. The maximum atomic E-state index is 14.7. The third kappa shape index (κ3) is 3.77. The van der Waals surface area contributed by atoms with E-state index in [1.807, 2.05) is 24.4 Å². The summed E-state index contributed by atoms with van der Waals surface area (Å²) in [6.07, 6.45) is 1.85. The van der Waals surface area contributed by atoms with Crippen LogP contribution in [0.4, 0.5) is 10.1 Å². The third-order valence-corrected chi connectivity index (χ3v) is 5.95. The van der Waals surface area contributed by atoms with Crippen molar-refractivity contribution in [1.82, 2.24) is 4.98 Å². The quantitative estimate of drug-likeness (QED) is 0.556. The first kappa shape index (κ1) is 21.3. The highest BCUT2D eigenvalue weighted by Gasteiger charge is 2.28. The van der Waals surface area contributed by atoms with Gasteiger partial charge in [-0.25, -0.2) is 4.39 Å². The van der Waals surface area contributed by atoms with Gasteiger partial charge >= 0.3 is 0 Å². The van der Waals surface area contributed by atoms with Crippen LogP contribution in [0.15, 0.2) is 47.5 Å². The Morgan fingerprint density at radius 3 is 2.55 bits per heavy atom. The number of benzene rings is 2. The van der Waals surface area contributed by atoms with E-state index < -0.39 is 5.82 Å². The first-order valence-electron chi connectivity index (χ1n) is 9.83. The van der Waals surface area contributed by atoms with Crippen molar-refractivity contribution < 1.29 is 19.0 Å². The number of rotatable bonds is 5. The van der Waals surface area contributed by atoms with Crippen LogP contribution in [0, 0.1) is 5.82 Å². The van der Waals surface area contributed by atoms with E-state index in [0.717, 1.165) is 16.9 Å². The topological polar surface area (TPSA) is 63.9 Å². The number of halogens is 2. The van der Waals surface area contributed by atoms with Crippen molar-refractivity contribution >= 4 is 23.5 Å². The summed E-state index contributed by atoms with van der Waals surface area (Å²) in [5.74, 6) is 0.592. The third-order valence-electron chi connectivity index (χ3n) is 5.66. The molecule has 2 aromatic carbocycles. The molecule has 0 fully saturated rings. The summed E-state index contributed by atoms with van der Waals surface area (Å²) in [5.41, 5.74) is 3.70. The smallest absolute Gasteiger partial charge is 0.162 e. The molecule has 1 aliphatic heterocycles. The molecule has 0 saturated heterocycles. The number of pyridine rings is 1. The van der Waals surface area contributed by atoms with Crippen LogP contribution in [0.25, 0.3) is 11.3 Å². The van der Waals surface area contributed by atoms with Crippen LogP contribution in [0.5, 0.6) is 11.5 Å². The molecule has 0 saturated carbocycles. The highest BCUT2D eigenvalue weighted by atomic mass is 35.5. The lowest BCUT2D eigenvalue weighted by atomic mass is 9.82. The van der Waals surface area contributed by atoms with E-state index in [1.54, 1.807) is 32.4 Å². The normalized spacial score (nSPS) is 17.4. The minimum atomic E-state index is -0.559. The number of fused-ring (bicyclic) bond motifs is 1. The number of aliphatic hydroxyl groups excluding tert-OH is 1. The molecule has 0 bridgehead atoms. The zero-order valence-electron chi connectivity index (χ0n) is 17.4. The van der Waals surface area contributed by atoms with E-state index in [1.165, 1.54) is 6.07 Å². The molecule has 2 atom stereocenters. The van der Waals surface area contributed by atoms with E-state index in [-0.39, 0.29) is 29.0 Å². The van der Waals surface area contributed by atoms with Crippen molar-refractivity contribution in [2.75, 3.05) is 14.2 Å². The summed E-state index contributed by atoms with van der Waals surface area (Å²) in [7, 11) is 3.19. The standard InChI is InChI=1S/C24H22ClFN2O3/c1-13-16-9-21(30-2)22(31-3)10-20(16)27-11-17(13)19-8-7-14(12-29)24(28-19)15-5-4-6-18(25)23(15)26/h4-11,13,17,29H,12H2,1-3H3/t13-,17?/m1/s1. The first-order valence-corrected chi connectivity index (χ1v) is 10.2. The lowest BCUT2D eigenvalue weighted by Crippen LogP contribution is -2.16. The van der Waals surface area contributed by atoms with Crippen molar-refractivity contribution in [2.24, 2.45) is 4.99 Å². The lowest BCUT2D eigenvalue weighted by Gasteiger charge is -2.27. The van der Waals surface area contributed by atoms with Crippen LogP contribution < -0.4 is 9.47 Å².